The van der Waals surface area contributed by atoms with Gasteiger partial charge < -0.3 is 0 Å². The summed E-state index contributed by atoms with van der Waals surface area (Å²) in [6.45, 7) is 1.38. The average molecular weight is 288 g/mol. The Bertz CT molecular complexity index is 273. The molecule has 1 rings (SSSR count). The van der Waals surface area contributed by atoms with Crippen LogP contribution in [0.15, 0.2) is 6.07 Å². The highest BCUT2D eigenvalue weighted by molar-refractivity contribution is 14.1. The standard InChI is InChI=1S/C7H4ClF2I/c1-3-5(9)2-4(8)7(11)6(3)10/h2H,1H3. The van der Waals surface area contributed by atoms with Crippen molar-refractivity contribution in [1.82, 2.24) is 0 Å². The molecule has 0 aliphatic carbocycles. The van der Waals surface area contributed by atoms with Gasteiger partial charge in [-0.05, 0) is 35.6 Å². The highest BCUT2D eigenvalue weighted by Gasteiger charge is 2.11. The van der Waals surface area contributed by atoms with Crippen molar-refractivity contribution in [2.45, 2.75) is 6.92 Å². The summed E-state index contributed by atoms with van der Waals surface area (Å²) in [5.74, 6) is -1.18. The molecule has 0 heterocycles. The van der Waals surface area contributed by atoms with E-state index in [0.29, 0.717) is 0 Å². The smallest absolute Gasteiger partial charge is 0.143 e. The molecule has 0 radical (unpaired) electrons. The molecule has 0 saturated heterocycles. The van der Waals surface area contributed by atoms with Crippen LogP contribution in [-0.4, -0.2) is 0 Å². The number of halogens is 4. The lowest BCUT2D eigenvalue weighted by molar-refractivity contribution is 0.563. The van der Waals surface area contributed by atoms with Crippen molar-refractivity contribution < 1.29 is 8.78 Å². The fourth-order valence-electron chi connectivity index (χ4n) is 0.657. The van der Waals surface area contributed by atoms with E-state index in [0.717, 1.165) is 6.07 Å². The van der Waals surface area contributed by atoms with Crippen molar-refractivity contribution in [3.63, 3.8) is 0 Å². The first-order chi connectivity index (χ1) is 5.04. The minimum Gasteiger partial charge on any atom is -0.207 e. The van der Waals surface area contributed by atoms with E-state index in [1.807, 2.05) is 0 Å². The van der Waals surface area contributed by atoms with Gasteiger partial charge in [0.1, 0.15) is 11.6 Å². The number of benzene rings is 1. The fourth-order valence-corrected chi connectivity index (χ4v) is 1.40. The van der Waals surface area contributed by atoms with Crippen LogP contribution in [0, 0.1) is 22.1 Å². The van der Waals surface area contributed by atoms with Gasteiger partial charge in [-0.15, -0.1) is 0 Å². The van der Waals surface area contributed by atoms with E-state index in [-0.39, 0.29) is 14.2 Å². The number of rotatable bonds is 0. The summed E-state index contributed by atoms with van der Waals surface area (Å²) >= 11 is 7.24. The van der Waals surface area contributed by atoms with Crippen molar-refractivity contribution >= 4 is 34.2 Å². The molecule has 0 amide bonds. The Morgan fingerprint density at radius 3 is 2.55 bits per heavy atom. The Morgan fingerprint density at radius 2 is 2.00 bits per heavy atom. The number of hydrogen-bond donors (Lipinski definition) is 0. The molecule has 0 atom stereocenters. The molecule has 0 aliphatic heterocycles. The Hall–Kier alpha value is 0.1000. The zero-order valence-corrected chi connectivity index (χ0v) is 8.50. The summed E-state index contributed by atoms with van der Waals surface area (Å²) in [4.78, 5) is 0. The van der Waals surface area contributed by atoms with E-state index in [2.05, 4.69) is 0 Å². The van der Waals surface area contributed by atoms with Crippen LogP contribution >= 0.6 is 34.2 Å². The lowest BCUT2D eigenvalue weighted by atomic mass is 10.2. The van der Waals surface area contributed by atoms with Crippen LogP contribution in [-0.2, 0) is 0 Å². The maximum atomic E-state index is 12.9. The highest BCUT2D eigenvalue weighted by Crippen LogP contribution is 2.25. The molecular weight excluding hydrogens is 284 g/mol. The second kappa shape index (κ2) is 3.23. The van der Waals surface area contributed by atoms with Gasteiger partial charge in [0.2, 0.25) is 0 Å². The van der Waals surface area contributed by atoms with Crippen LogP contribution in [0.3, 0.4) is 0 Å². The maximum absolute atomic E-state index is 12.9. The molecule has 11 heavy (non-hydrogen) atoms. The van der Waals surface area contributed by atoms with Gasteiger partial charge in [-0.25, -0.2) is 8.78 Å². The summed E-state index contributed by atoms with van der Waals surface area (Å²) in [7, 11) is 0. The first-order valence-electron chi connectivity index (χ1n) is 2.83. The van der Waals surface area contributed by atoms with Gasteiger partial charge in [0, 0.05) is 5.56 Å². The molecule has 0 bridgehead atoms. The molecule has 0 N–H and O–H groups in total. The summed E-state index contributed by atoms with van der Waals surface area (Å²) in [6, 6.07) is 1.11. The molecule has 60 valence electrons. The fraction of sp³-hybridized carbons (Fsp3) is 0.143. The molecule has 4 heteroatoms. The predicted octanol–water partition coefficient (Wildman–Crippen LogP) is 3.53. The lowest BCUT2D eigenvalue weighted by Gasteiger charge is -2.02. The molecule has 0 saturated carbocycles. The third kappa shape index (κ3) is 1.64. The molecule has 0 spiro atoms. The first kappa shape index (κ1) is 9.19. The van der Waals surface area contributed by atoms with Gasteiger partial charge in [-0.1, -0.05) is 11.6 Å². The largest absolute Gasteiger partial charge is 0.207 e. The monoisotopic (exact) mass is 288 g/mol. The van der Waals surface area contributed by atoms with Crippen LogP contribution < -0.4 is 0 Å². The van der Waals surface area contributed by atoms with E-state index in [9.17, 15) is 8.78 Å². The summed E-state index contributed by atoms with van der Waals surface area (Å²) < 4.78 is 25.9. The molecule has 1 aromatic rings. The molecule has 1 aromatic carbocycles. The van der Waals surface area contributed by atoms with Crippen LogP contribution in [0.4, 0.5) is 8.78 Å². The Morgan fingerprint density at radius 1 is 1.45 bits per heavy atom. The highest BCUT2D eigenvalue weighted by atomic mass is 127. The van der Waals surface area contributed by atoms with E-state index in [1.54, 1.807) is 22.6 Å². The Labute approximate surface area is 81.7 Å². The molecule has 0 aromatic heterocycles. The van der Waals surface area contributed by atoms with Gasteiger partial charge in [0.15, 0.2) is 0 Å². The van der Waals surface area contributed by atoms with Crippen LogP contribution in [0.2, 0.25) is 5.02 Å². The van der Waals surface area contributed by atoms with Gasteiger partial charge in [0.25, 0.3) is 0 Å². The Kier molecular flexibility index (Phi) is 2.70. The summed E-state index contributed by atoms with van der Waals surface area (Å²) in [5.41, 5.74) is 0.0128. The molecule has 0 nitrogen and oxygen atoms in total. The lowest BCUT2D eigenvalue weighted by Crippen LogP contribution is -1.92. The molecular formula is C7H4ClF2I. The van der Waals surface area contributed by atoms with E-state index in [1.165, 1.54) is 6.92 Å². The van der Waals surface area contributed by atoms with Gasteiger partial charge in [-0.3, -0.25) is 0 Å². The van der Waals surface area contributed by atoms with Crippen LogP contribution in [0.5, 0.6) is 0 Å². The summed E-state index contributed by atoms with van der Waals surface area (Å²) in [6.07, 6.45) is 0. The van der Waals surface area contributed by atoms with Crippen molar-refractivity contribution in [3.05, 3.63) is 31.9 Å². The van der Waals surface area contributed by atoms with Crippen molar-refractivity contribution in [3.8, 4) is 0 Å². The molecule has 0 aliphatic rings. The zero-order chi connectivity index (χ0) is 8.59. The van der Waals surface area contributed by atoms with Crippen LogP contribution in [0.25, 0.3) is 0 Å². The third-order valence-electron chi connectivity index (χ3n) is 1.34. The quantitative estimate of drug-likeness (QED) is 0.389. The average Bonchev–Trinajstić information content (AvgIpc) is 1.97. The second-order valence-corrected chi connectivity index (χ2v) is 3.58. The number of hydrogen-bond acceptors (Lipinski definition) is 0. The minimum atomic E-state index is -0.604. The summed E-state index contributed by atoms with van der Waals surface area (Å²) in [5, 5.41) is 0.117. The zero-order valence-electron chi connectivity index (χ0n) is 5.59. The van der Waals surface area contributed by atoms with E-state index in [4.69, 9.17) is 11.6 Å². The molecule has 0 unspecified atom stereocenters. The maximum Gasteiger partial charge on any atom is 0.143 e. The molecule has 0 fully saturated rings. The van der Waals surface area contributed by atoms with Gasteiger partial charge in [-0.2, -0.15) is 0 Å². The third-order valence-corrected chi connectivity index (χ3v) is 3.01. The normalized spacial score (nSPS) is 10.3. The van der Waals surface area contributed by atoms with Crippen LogP contribution in [0.1, 0.15) is 5.56 Å². The van der Waals surface area contributed by atoms with E-state index >= 15 is 0 Å². The topological polar surface area (TPSA) is 0 Å². The predicted molar refractivity (Wildman–Crippen MR) is 48.8 cm³/mol. The second-order valence-electron chi connectivity index (χ2n) is 2.09. The van der Waals surface area contributed by atoms with Gasteiger partial charge >= 0.3 is 0 Å². The minimum absolute atomic E-state index is 0.0128. The van der Waals surface area contributed by atoms with E-state index < -0.39 is 11.6 Å². The van der Waals surface area contributed by atoms with Crippen molar-refractivity contribution in [2.75, 3.05) is 0 Å². The van der Waals surface area contributed by atoms with Crippen molar-refractivity contribution in [2.24, 2.45) is 0 Å². The Balaban J connectivity index is 3.46. The first-order valence-corrected chi connectivity index (χ1v) is 4.29. The van der Waals surface area contributed by atoms with Gasteiger partial charge in [0.05, 0.1) is 8.59 Å². The van der Waals surface area contributed by atoms with Crippen molar-refractivity contribution in [1.29, 1.82) is 0 Å². The SMILES string of the molecule is Cc1c(F)cc(Cl)c(I)c1F.